The van der Waals surface area contributed by atoms with E-state index in [4.69, 9.17) is 12.2 Å². The highest BCUT2D eigenvalue weighted by Gasteiger charge is 2.27. The van der Waals surface area contributed by atoms with E-state index >= 15 is 0 Å². The minimum absolute atomic E-state index is 0.0121. The molecule has 2 N–H and O–H groups in total. The Hall–Kier alpha value is -1.47. The van der Waals surface area contributed by atoms with Crippen molar-refractivity contribution in [3.8, 4) is 0 Å². The first-order valence-corrected chi connectivity index (χ1v) is 11.3. The maximum Gasteiger partial charge on any atom is 0.272 e. The van der Waals surface area contributed by atoms with E-state index in [1.54, 1.807) is 4.57 Å². The van der Waals surface area contributed by atoms with Gasteiger partial charge in [-0.3, -0.25) is 14.2 Å². The van der Waals surface area contributed by atoms with Gasteiger partial charge < -0.3 is 10.3 Å². The molecule has 3 unspecified atom stereocenters. The molecular weight excluding hydrogens is 378 g/mol. The van der Waals surface area contributed by atoms with E-state index < -0.39 is 0 Å². The third kappa shape index (κ3) is 4.88. The molecule has 0 aromatic carbocycles. The fraction of sp³-hybridized carbons (Fsp3) is 0.650. The van der Waals surface area contributed by atoms with Crippen LogP contribution in [-0.4, -0.2) is 21.5 Å². The molecule has 0 radical (unpaired) electrons. The number of nitrogens with one attached hydrogen (secondary N) is 2. The summed E-state index contributed by atoms with van der Waals surface area (Å²) in [4.78, 5) is 27.8. The first kappa shape index (κ1) is 20.3. The van der Waals surface area contributed by atoms with Gasteiger partial charge >= 0.3 is 0 Å². The van der Waals surface area contributed by atoms with Gasteiger partial charge in [-0.15, -0.1) is 11.3 Å². The molecule has 7 heteroatoms. The first-order chi connectivity index (χ1) is 13.0. The Labute approximate surface area is 169 Å². The van der Waals surface area contributed by atoms with E-state index in [0.29, 0.717) is 35.6 Å². The van der Waals surface area contributed by atoms with Gasteiger partial charge in [-0.1, -0.05) is 33.1 Å². The number of fused-ring (bicyclic) bond motifs is 1. The highest BCUT2D eigenvalue weighted by Crippen LogP contribution is 2.29. The lowest BCUT2D eigenvalue weighted by molar-refractivity contribution is -0.122. The topological polar surface area (TPSA) is 66.9 Å². The van der Waals surface area contributed by atoms with Crippen molar-refractivity contribution in [1.29, 1.82) is 0 Å². The van der Waals surface area contributed by atoms with Gasteiger partial charge in [0.2, 0.25) is 5.91 Å². The molecule has 27 heavy (non-hydrogen) atoms. The maximum absolute atomic E-state index is 12.5. The van der Waals surface area contributed by atoms with E-state index in [9.17, 15) is 9.59 Å². The molecule has 1 aliphatic carbocycles. The molecule has 2 aromatic rings. The van der Waals surface area contributed by atoms with Gasteiger partial charge in [-0.05, 0) is 54.8 Å². The second kappa shape index (κ2) is 9.15. The van der Waals surface area contributed by atoms with Crippen molar-refractivity contribution in [3.63, 3.8) is 0 Å². The Kier molecular flexibility index (Phi) is 6.87. The van der Waals surface area contributed by atoms with Crippen molar-refractivity contribution in [2.75, 3.05) is 0 Å². The molecular formula is C20H29N3O2S2. The number of aromatic amines is 1. The van der Waals surface area contributed by atoms with E-state index in [1.807, 2.05) is 11.4 Å². The molecule has 1 fully saturated rings. The Morgan fingerprint density at radius 3 is 2.96 bits per heavy atom. The monoisotopic (exact) mass is 407 g/mol. The maximum atomic E-state index is 12.5. The summed E-state index contributed by atoms with van der Waals surface area (Å²) in [6.45, 7) is 5.13. The van der Waals surface area contributed by atoms with Gasteiger partial charge in [0.25, 0.3) is 5.56 Å². The van der Waals surface area contributed by atoms with E-state index in [0.717, 1.165) is 35.9 Å². The van der Waals surface area contributed by atoms with Crippen LogP contribution < -0.4 is 10.9 Å². The summed E-state index contributed by atoms with van der Waals surface area (Å²) in [5.74, 6) is 1.41. The highest BCUT2D eigenvalue weighted by molar-refractivity contribution is 7.71. The number of unbranched alkanes of at least 4 members (excludes halogenated alkanes) is 2. The van der Waals surface area contributed by atoms with Crippen molar-refractivity contribution in [2.45, 2.75) is 71.4 Å². The molecule has 1 saturated carbocycles. The van der Waals surface area contributed by atoms with Crippen molar-refractivity contribution in [3.05, 3.63) is 26.6 Å². The summed E-state index contributed by atoms with van der Waals surface area (Å²) < 4.78 is 2.84. The summed E-state index contributed by atoms with van der Waals surface area (Å²) >= 11 is 6.75. The minimum atomic E-state index is -0.0121. The van der Waals surface area contributed by atoms with Crippen LogP contribution in [0.4, 0.5) is 0 Å². The molecule has 0 saturated heterocycles. The van der Waals surface area contributed by atoms with Crippen LogP contribution >= 0.6 is 23.6 Å². The van der Waals surface area contributed by atoms with Gasteiger partial charge in [-0.25, -0.2) is 0 Å². The number of rotatable bonds is 7. The summed E-state index contributed by atoms with van der Waals surface area (Å²) in [5.41, 5.74) is 0.802. The van der Waals surface area contributed by atoms with Crippen LogP contribution in [0.1, 0.15) is 58.8 Å². The number of aromatic nitrogens is 2. The third-order valence-corrected chi connectivity index (χ3v) is 7.16. The SMILES string of the molecule is CC1CCCC(NC(=O)CCCCCn2c(=S)[nH]c3ccsc3c2=O)C1C. The lowest BCUT2D eigenvalue weighted by atomic mass is 9.78. The molecule has 0 spiro atoms. The van der Waals surface area contributed by atoms with Crippen LogP contribution in [0.3, 0.4) is 0 Å². The Bertz CT molecular complexity index is 898. The average molecular weight is 408 g/mol. The minimum Gasteiger partial charge on any atom is -0.353 e. The lowest BCUT2D eigenvalue weighted by Crippen LogP contribution is -2.43. The molecule has 1 aliphatic rings. The fourth-order valence-corrected chi connectivity index (χ4v) is 5.05. The van der Waals surface area contributed by atoms with Crippen LogP contribution in [0, 0.1) is 16.6 Å². The first-order valence-electron chi connectivity index (χ1n) is 9.97. The molecule has 3 rings (SSSR count). The predicted molar refractivity (Wildman–Crippen MR) is 114 cm³/mol. The van der Waals surface area contributed by atoms with Gasteiger partial charge in [0, 0.05) is 19.0 Å². The molecule has 0 bridgehead atoms. The molecule has 3 atom stereocenters. The zero-order chi connectivity index (χ0) is 19.4. The second-order valence-electron chi connectivity index (χ2n) is 7.80. The summed E-state index contributed by atoms with van der Waals surface area (Å²) in [6, 6.07) is 2.21. The smallest absolute Gasteiger partial charge is 0.272 e. The van der Waals surface area contributed by atoms with Crippen LogP contribution in [-0.2, 0) is 11.3 Å². The van der Waals surface area contributed by atoms with Gasteiger partial charge in [0.05, 0.1) is 5.52 Å². The molecule has 5 nitrogen and oxygen atoms in total. The van der Waals surface area contributed by atoms with Gasteiger partial charge in [0.15, 0.2) is 4.77 Å². The van der Waals surface area contributed by atoms with Crippen molar-refractivity contribution < 1.29 is 4.79 Å². The predicted octanol–water partition coefficient (Wildman–Crippen LogP) is 4.62. The van der Waals surface area contributed by atoms with Crippen LogP contribution in [0.2, 0.25) is 0 Å². The molecule has 2 aromatic heterocycles. The van der Waals surface area contributed by atoms with Gasteiger partial charge in [-0.2, -0.15) is 0 Å². The number of H-pyrrole nitrogens is 1. The Morgan fingerprint density at radius 2 is 2.15 bits per heavy atom. The quantitative estimate of drug-likeness (QED) is 0.520. The van der Waals surface area contributed by atoms with Gasteiger partial charge in [0.1, 0.15) is 4.70 Å². The number of carbonyl (C=O) groups excluding carboxylic acids is 1. The molecule has 2 heterocycles. The number of hydrogen-bond acceptors (Lipinski definition) is 4. The number of hydrogen-bond donors (Lipinski definition) is 2. The Balaban J connectivity index is 1.42. The number of carbonyl (C=O) groups is 1. The third-order valence-electron chi connectivity index (χ3n) is 5.93. The largest absolute Gasteiger partial charge is 0.353 e. The number of amides is 1. The highest BCUT2D eigenvalue weighted by atomic mass is 32.1. The van der Waals surface area contributed by atoms with Crippen molar-refractivity contribution in [2.24, 2.45) is 11.8 Å². The lowest BCUT2D eigenvalue weighted by Gasteiger charge is -2.34. The normalized spacial score (nSPS) is 22.8. The standard InChI is InChI=1S/C20H29N3O2S2/c1-13-7-6-8-15(14(13)2)21-17(24)9-4-3-5-11-23-19(25)18-16(10-12-27-18)22-20(23)26/h10,12-15H,3-9,11H2,1-2H3,(H,21,24)(H,22,26). The van der Waals surface area contributed by atoms with Crippen molar-refractivity contribution >= 4 is 39.7 Å². The van der Waals surface area contributed by atoms with Crippen LogP contribution in [0.25, 0.3) is 10.2 Å². The molecule has 0 aliphatic heterocycles. The van der Waals surface area contributed by atoms with E-state index in [-0.39, 0.29) is 11.5 Å². The van der Waals surface area contributed by atoms with E-state index in [2.05, 4.69) is 24.1 Å². The molecule has 148 valence electrons. The zero-order valence-electron chi connectivity index (χ0n) is 16.1. The second-order valence-corrected chi connectivity index (χ2v) is 9.11. The fourth-order valence-electron chi connectivity index (χ4n) is 3.97. The number of thiophene rings is 1. The number of nitrogens with zero attached hydrogens (tertiary/aromatic N) is 1. The summed E-state index contributed by atoms with van der Waals surface area (Å²) in [5, 5.41) is 5.13. The molecule has 1 amide bonds. The van der Waals surface area contributed by atoms with Crippen LogP contribution in [0.5, 0.6) is 0 Å². The van der Waals surface area contributed by atoms with Crippen molar-refractivity contribution in [1.82, 2.24) is 14.9 Å². The summed E-state index contributed by atoms with van der Waals surface area (Å²) in [6.07, 6.45) is 6.74. The summed E-state index contributed by atoms with van der Waals surface area (Å²) in [7, 11) is 0. The Morgan fingerprint density at radius 1 is 1.33 bits per heavy atom. The van der Waals surface area contributed by atoms with E-state index in [1.165, 1.54) is 24.2 Å². The zero-order valence-corrected chi connectivity index (χ0v) is 17.8. The van der Waals surface area contributed by atoms with Crippen LogP contribution in [0.15, 0.2) is 16.2 Å². The average Bonchev–Trinajstić information content (AvgIpc) is 3.09.